The Morgan fingerprint density at radius 3 is 1.28 bits per heavy atom. The lowest BCUT2D eigenvalue weighted by Gasteiger charge is -2.32. The fourth-order valence-corrected chi connectivity index (χ4v) is 1.72. The molecule has 13 heteroatoms. The standard InChI is InChI=1S/C12H6F12O/c13-9(14,15)5-1-3-6(4-2-5)25-8(12(22,23)24)7(10(16,17)18)11(19,20)21/h1-4,7-8H. The molecule has 0 aromatic heterocycles. The molecule has 1 atom stereocenters. The highest BCUT2D eigenvalue weighted by Crippen LogP contribution is 2.47. The van der Waals surface area contributed by atoms with E-state index < -0.39 is 48.0 Å². The van der Waals surface area contributed by atoms with E-state index in [-0.39, 0.29) is 24.3 Å². The molecule has 1 rings (SSSR count). The fourth-order valence-electron chi connectivity index (χ4n) is 1.72. The third kappa shape index (κ3) is 5.59. The number of rotatable bonds is 3. The Hall–Kier alpha value is -1.82. The maximum absolute atomic E-state index is 12.7. The Kier molecular flexibility index (Phi) is 5.50. The summed E-state index contributed by atoms with van der Waals surface area (Å²) >= 11 is 0. The van der Waals surface area contributed by atoms with Crippen LogP contribution in [0.3, 0.4) is 0 Å². The number of benzene rings is 1. The Morgan fingerprint density at radius 2 is 1.00 bits per heavy atom. The second-order valence-electron chi connectivity index (χ2n) is 4.66. The molecule has 1 aromatic rings. The van der Waals surface area contributed by atoms with Crippen LogP contribution >= 0.6 is 0 Å². The molecule has 144 valence electrons. The van der Waals surface area contributed by atoms with Crippen molar-refractivity contribution in [2.75, 3.05) is 0 Å². The SMILES string of the molecule is FC(F)(F)c1ccc(OC(C(C(F)(F)F)C(F)(F)F)C(F)(F)F)cc1. The van der Waals surface area contributed by atoms with Crippen molar-refractivity contribution >= 4 is 0 Å². The van der Waals surface area contributed by atoms with Gasteiger partial charge in [-0.1, -0.05) is 0 Å². The van der Waals surface area contributed by atoms with Gasteiger partial charge < -0.3 is 4.74 Å². The van der Waals surface area contributed by atoms with Gasteiger partial charge in [0.2, 0.25) is 6.10 Å². The Morgan fingerprint density at radius 1 is 0.600 bits per heavy atom. The first-order chi connectivity index (χ1) is 10.9. The van der Waals surface area contributed by atoms with Crippen molar-refractivity contribution in [1.82, 2.24) is 0 Å². The van der Waals surface area contributed by atoms with Gasteiger partial charge in [-0.3, -0.25) is 0 Å². The molecule has 1 unspecified atom stereocenters. The molecule has 0 amide bonds. The third-order valence-electron chi connectivity index (χ3n) is 2.78. The minimum absolute atomic E-state index is 0.152. The predicted molar refractivity (Wildman–Crippen MR) is 57.5 cm³/mol. The first-order valence-electron chi connectivity index (χ1n) is 5.98. The van der Waals surface area contributed by atoms with E-state index in [9.17, 15) is 52.7 Å². The van der Waals surface area contributed by atoms with E-state index in [1.807, 2.05) is 0 Å². The van der Waals surface area contributed by atoms with Gasteiger partial charge in [-0.25, -0.2) is 0 Å². The summed E-state index contributed by atoms with van der Waals surface area (Å²) in [7, 11) is 0. The lowest BCUT2D eigenvalue weighted by molar-refractivity contribution is -0.340. The van der Waals surface area contributed by atoms with Crippen molar-refractivity contribution in [2.24, 2.45) is 5.92 Å². The van der Waals surface area contributed by atoms with Crippen molar-refractivity contribution in [3.05, 3.63) is 29.8 Å². The highest BCUT2D eigenvalue weighted by molar-refractivity contribution is 5.29. The van der Waals surface area contributed by atoms with Gasteiger partial charge in [0.15, 0.2) is 5.92 Å². The van der Waals surface area contributed by atoms with E-state index in [0.29, 0.717) is 0 Å². The van der Waals surface area contributed by atoms with Crippen LogP contribution in [0.1, 0.15) is 5.56 Å². The van der Waals surface area contributed by atoms with Crippen LogP contribution in [0.15, 0.2) is 24.3 Å². The van der Waals surface area contributed by atoms with Gasteiger partial charge in [-0.2, -0.15) is 52.7 Å². The molecule has 0 bridgehead atoms. The van der Waals surface area contributed by atoms with Crippen molar-refractivity contribution < 1.29 is 57.4 Å². The monoisotopic (exact) mass is 394 g/mol. The maximum atomic E-state index is 12.7. The molecule has 0 heterocycles. The molecule has 0 spiro atoms. The number of ether oxygens (including phenoxy) is 1. The van der Waals surface area contributed by atoms with Crippen LogP contribution in [0.4, 0.5) is 52.7 Å². The minimum atomic E-state index is -6.36. The van der Waals surface area contributed by atoms with E-state index >= 15 is 0 Å². The van der Waals surface area contributed by atoms with Gasteiger partial charge in [0.1, 0.15) is 5.75 Å². The van der Waals surface area contributed by atoms with Gasteiger partial charge in [-0.05, 0) is 24.3 Å². The van der Waals surface area contributed by atoms with Gasteiger partial charge in [-0.15, -0.1) is 0 Å². The van der Waals surface area contributed by atoms with Crippen LogP contribution in [0.2, 0.25) is 0 Å². The summed E-state index contributed by atoms with van der Waals surface area (Å²) in [4.78, 5) is 0. The quantitative estimate of drug-likeness (QED) is 0.593. The van der Waals surface area contributed by atoms with Crippen molar-refractivity contribution in [3.63, 3.8) is 0 Å². The van der Waals surface area contributed by atoms with Crippen LogP contribution in [-0.2, 0) is 6.18 Å². The average molecular weight is 394 g/mol. The van der Waals surface area contributed by atoms with Crippen LogP contribution < -0.4 is 4.74 Å². The average Bonchev–Trinajstić information content (AvgIpc) is 2.33. The highest BCUT2D eigenvalue weighted by Gasteiger charge is 2.68. The van der Waals surface area contributed by atoms with Gasteiger partial charge >= 0.3 is 24.7 Å². The summed E-state index contributed by atoms with van der Waals surface area (Å²) in [6.45, 7) is 0. The summed E-state index contributed by atoms with van der Waals surface area (Å²) in [6.07, 6.45) is -28.1. The molecule has 0 saturated carbocycles. The lowest BCUT2D eigenvalue weighted by Crippen LogP contribution is -2.53. The largest absolute Gasteiger partial charge is 0.480 e. The number of alkyl halides is 12. The molecule has 0 saturated heterocycles. The second kappa shape index (κ2) is 6.48. The molecule has 1 nitrogen and oxygen atoms in total. The summed E-state index contributed by atoms with van der Waals surface area (Å²) in [5.41, 5.74) is -1.38. The zero-order valence-electron chi connectivity index (χ0n) is 11.4. The molecule has 0 radical (unpaired) electrons. The Balaban J connectivity index is 3.25. The molecule has 0 N–H and O–H groups in total. The zero-order valence-corrected chi connectivity index (χ0v) is 11.4. The number of hydrogen-bond donors (Lipinski definition) is 0. The van der Waals surface area contributed by atoms with E-state index in [2.05, 4.69) is 4.74 Å². The van der Waals surface area contributed by atoms with Gasteiger partial charge in [0.25, 0.3) is 0 Å². The zero-order chi connectivity index (χ0) is 19.8. The summed E-state index contributed by atoms with van der Waals surface area (Å²) in [5.74, 6) is -6.16. The number of halogens is 12. The molecule has 1 aromatic carbocycles. The Bertz CT molecular complexity index is 548. The second-order valence-corrected chi connectivity index (χ2v) is 4.66. The molecular weight excluding hydrogens is 388 g/mol. The van der Waals surface area contributed by atoms with Crippen molar-refractivity contribution in [3.8, 4) is 5.75 Å². The first-order valence-corrected chi connectivity index (χ1v) is 5.98. The summed E-state index contributed by atoms with van der Waals surface area (Å²) in [5, 5.41) is 0. The summed E-state index contributed by atoms with van der Waals surface area (Å²) in [6, 6.07) is 0.675. The van der Waals surface area contributed by atoms with E-state index in [0.717, 1.165) is 0 Å². The number of hydrogen-bond acceptors (Lipinski definition) is 1. The van der Waals surface area contributed by atoms with Crippen LogP contribution in [-0.4, -0.2) is 24.6 Å². The molecule has 0 aliphatic carbocycles. The van der Waals surface area contributed by atoms with Crippen molar-refractivity contribution in [1.29, 1.82) is 0 Å². The molecule has 0 aliphatic heterocycles. The van der Waals surface area contributed by atoms with Crippen molar-refractivity contribution in [2.45, 2.75) is 30.8 Å². The maximum Gasteiger partial charge on any atom is 0.426 e. The van der Waals surface area contributed by atoms with Gasteiger partial charge in [0.05, 0.1) is 5.56 Å². The molecular formula is C12H6F12O. The van der Waals surface area contributed by atoms with E-state index in [1.165, 1.54) is 0 Å². The first kappa shape index (κ1) is 21.2. The van der Waals surface area contributed by atoms with E-state index in [4.69, 9.17) is 0 Å². The summed E-state index contributed by atoms with van der Waals surface area (Å²) < 4.78 is 153. The van der Waals surface area contributed by atoms with Gasteiger partial charge in [0, 0.05) is 0 Å². The highest BCUT2D eigenvalue weighted by atomic mass is 19.4. The molecule has 25 heavy (non-hydrogen) atoms. The van der Waals surface area contributed by atoms with Crippen LogP contribution in [0.5, 0.6) is 5.75 Å². The lowest BCUT2D eigenvalue weighted by atomic mass is 10.0. The van der Waals surface area contributed by atoms with Crippen LogP contribution in [0, 0.1) is 5.92 Å². The third-order valence-corrected chi connectivity index (χ3v) is 2.78. The normalized spacial score (nSPS) is 15.4. The minimum Gasteiger partial charge on any atom is -0.480 e. The molecule has 0 fully saturated rings. The predicted octanol–water partition coefficient (Wildman–Crippen LogP) is 5.76. The smallest absolute Gasteiger partial charge is 0.426 e. The topological polar surface area (TPSA) is 9.23 Å². The fraction of sp³-hybridized carbons (Fsp3) is 0.500. The molecule has 0 aliphatic rings. The van der Waals surface area contributed by atoms with E-state index in [1.54, 1.807) is 0 Å². The van der Waals surface area contributed by atoms with Crippen LogP contribution in [0.25, 0.3) is 0 Å². The Labute approximate surface area is 131 Å².